The predicted octanol–water partition coefficient (Wildman–Crippen LogP) is 2.30. The van der Waals surface area contributed by atoms with E-state index in [0.717, 1.165) is 11.3 Å². The molecule has 1 unspecified atom stereocenters. The van der Waals surface area contributed by atoms with E-state index >= 15 is 0 Å². The van der Waals surface area contributed by atoms with Gasteiger partial charge in [-0.25, -0.2) is 8.42 Å². The smallest absolute Gasteiger partial charge is 0.243 e. The van der Waals surface area contributed by atoms with Gasteiger partial charge in [0, 0.05) is 31.2 Å². The minimum absolute atomic E-state index is 0.0314. The molecule has 9 heteroatoms. The van der Waals surface area contributed by atoms with Gasteiger partial charge in [-0.3, -0.25) is 4.79 Å². The molecular weight excluding hydrogens is 426 g/mol. The van der Waals surface area contributed by atoms with Crippen molar-refractivity contribution in [2.75, 3.05) is 32.8 Å². The lowest BCUT2D eigenvalue weighted by atomic mass is 9.95. The van der Waals surface area contributed by atoms with Crippen LogP contribution < -0.4 is 4.74 Å². The Bertz CT molecular complexity index is 1100. The Kier molecular flexibility index (Phi) is 5.69. The maximum absolute atomic E-state index is 13.0. The molecule has 0 aromatic heterocycles. The number of carbonyl (C=O) groups is 1. The first-order valence-electron chi connectivity index (χ1n) is 9.59. The zero-order valence-corrected chi connectivity index (χ0v) is 17.7. The van der Waals surface area contributed by atoms with Crippen molar-refractivity contribution in [1.29, 1.82) is 5.26 Å². The van der Waals surface area contributed by atoms with Gasteiger partial charge in [0.1, 0.15) is 12.4 Å². The maximum atomic E-state index is 13.0. The molecule has 4 rings (SSSR count). The summed E-state index contributed by atoms with van der Waals surface area (Å²) >= 11 is 6.05. The highest BCUT2D eigenvalue weighted by atomic mass is 35.5. The SMILES string of the molecule is N#Cc1ccc(S(=O)(=O)N2CCN(C(=O)C3COc4ccc(Cl)cc4C3)CC2)cc1. The maximum Gasteiger partial charge on any atom is 0.243 e. The van der Waals surface area contributed by atoms with Crippen LogP contribution in [-0.2, 0) is 21.2 Å². The molecule has 0 saturated carbocycles. The molecule has 2 heterocycles. The summed E-state index contributed by atoms with van der Waals surface area (Å²) in [5.41, 5.74) is 1.32. The van der Waals surface area contributed by atoms with Crippen LogP contribution in [0.4, 0.5) is 0 Å². The van der Waals surface area contributed by atoms with Gasteiger partial charge in [0.15, 0.2) is 0 Å². The van der Waals surface area contributed by atoms with E-state index in [1.807, 2.05) is 18.2 Å². The van der Waals surface area contributed by atoms with Gasteiger partial charge in [0.25, 0.3) is 0 Å². The third kappa shape index (κ3) is 4.01. The van der Waals surface area contributed by atoms with Crippen LogP contribution in [0.2, 0.25) is 5.02 Å². The quantitative estimate of drug-likeness (QED) is 0.723. The molecule has 7 nitrogen and oxygen atoms in total. The summed E-state index contributed by atoms with van der Waals surface area (Å²) in [5.74, 6) is 0.412. The Morgan fingerprint density at radius 2 is 1.80 bits per heavy atom. The van der Waals surface area contributed by atoms with Crippen LogP contribution in [0, 0.1) is 17.2 Å². The van der Waals surface area contributed by atoms with Crippen LogP contribution in [0.1, 0.15) is 11.1 Å². The van der Waals surface area contributed by atoms with Crippen molar-refractivity contribution in [3.8, 4) is 11.8 Å². The Labute approximate surface area is 180 Å². The van der Waals surface area contributed by atoms with E-state index in [9.17, 15) is 13.2 Å². The van der Waals surface area contributed by atoms with E-state index in [1.165, 1.54) is 28.6 Å². The van der Waals surface area contributed by atoms with E-state index in [-0.39, 0.29) is 29.8 Å². The number of nitriles is 1. The van der Waals surface area contributed by atoms with Crippen LogP contribution in [0.25, 0.3) is 0 Å². The molecule has 1 saturated heterocycles. The van der Waals surface area contributed by atoms with Gasteiger partial charge < -0.3 is 9.64 Å². The summed E-state index contributed by atoms with van der Waals surface area (Å²) in [6.45, 7) is 1.41. The number of nitrogens with zero attached hydrogens (tertiary/aromatic N) is 3. The summed E-state index contributed by atoms with van der Waals surface area (Å²) in [6.07, 6.45) is 0.554. The highest BCUT2D eigenvalue weighted by Gasteiger charge is 2.34. The Morgan fingerprint density at radius 3 is 2.47 bits per heavy atom. The van der Waals surface area contributed by atoms with Crippen molar-refractivity contribution in [2.45, 2.75) is 11.3 Å². The molecule has 2 aromatic rings. The second-order valence-corrected chi connectivity index (χ2v) is 9.70. The number of halogens is 1. The first kappa shape index (κ1) is 20.7. The number of amides is 1. The van der Waals surface area contributed by atoms with Gasteiger partial charge in [-0.15, -0.1) is 0 Å². The van der Waals surface area contributed by atoms with Gasteiger partial charge in [0.2, 0.25) is 15.9 Å². The number of rotatable bonds is 3. The largest absolute Gasteiger partial charge is 0.492 e. The monoisotopic (exact) mass is 445 g/mol. The summed E-state index contributed by atoms with van der Waals surface area (Å²) < 4.78 is 32.8. The van der Waals surface area contributed by atoms with Gasteiger partial charge >= 0.3 is 0 Å². The van der Waals surface area contributed by atoms with Crippen molar-refractivity contribution >= 4 is 27.5 Å². The van der Waals surface area contributed by atoms with Crippen LogP contribution >= 0.6 is 11.6 Å². The lowest BCUT2D eigenvalue weighted by Gasteiger charge is -2.36. The van der Waals surface area contributed by atoms with Crippen molar-refractivity contribution in [3.63, 3.8) is 0 Å². The molecular formula is C21H20ClN3O4S. The molecule has 2 aliphatic rings. The molecule has 0 radical (unpaired) electrons. The van der Waals surface area contributed by atoms with Gasteiger partial charge in [-0.05, 0) is 54.4 Å². The molecule has 0 bridgehead atoms. The summed E-state index contributed by atoms with van der Waals surface area (Å²) in [6, 6.07) is 13.2. The minimum Gasteiger partial charge on any atom is -0.492 e. The third-order valence-electron chi connectivity index (χ3n) is 5.45. The van der Waals surface area contributed by atoms with Gasteiger partial charge in [-0.2, -0.15) is 9.57 Å². The van der Waals surface area contributed by atoms with E-state index in [1.54, 1.807) is 11.0 Å². The molecule has 1 amide bonds. The van der Waals surface area contributed by atoms with E-state index in [4.69, 9.17) is 21.6 Å². The first-order chi connectivity index (χ1) is 14.4. The Hall–Kier alpha value is -2.60. The lowest BCUT2D eigenvalue weighted by molar-refractivity contribution is -0.138. The fourth-order valence-corrected chi connectivity index (χ4v) is 5.40. The topological polar surface area (TPSA) is 90.7 Å². The van der Waals surface area contributed by atoms with Crippen LogP contribution in [0.15, 0.2) is 47.4 Å². The number of benzene rings is 2. The van der Waals surface area contributed by atoms with Gasteiger partial charge in [0.05, 0.1) is 22.4 Å². The summed E-state index contributed by atoms with van der Waals surface area (Å²) in [4.78, 5) is 14.8. The second-order valence-electron chi connectivity index (χ2n) is 7.33. The predicted molar refractivity (Wildman–Crippen MR) is 111 cm³/mol. The number of piperazine rings is 1. The zero-order valence-electron chi connectivity index (χ0n) is 16.1. The van der Waals surface area contributed by atoms with Crippen molar-refractivity contribution in [2.24, 2.45) is 5.92 Å². The van der Waals surface area contributed by atoms with Crippen LogP contribution in [0.3, 0.4) is 0 Å². The van der Waals surface area contributed by atoms with Crippen molar-refractivity contribution in [3.05, 3.63) is 58.6 Å². The Morgan fingerprint density at radius 1 is 1.10 bits per heavy atom. The minimum atomic E-state index is -3.66. The summed E-state index contributed by atoms with van der Waals surface area (Å²) in [7, 11) is -3.66. The van der Waals surface area contributed by atoms with Crippen LogP contribution in [0.5, 0.6) is 5.75 Å². The van der Waals surface area contributed by atoms with Crippen molar-refractivity contribution < 1.29 is 17.9 Å². The van der Waals surface area contributed by atoms with E-state index in [0.29, 0.717) is 36.7 Å². The number of fused-ring (bicyclic) bond motifs is 1. The Balaban J connectivity index is 1.39. The van der Waals surface area contributed by atoms with Crippen LogP contribution in [-0.4, -0.2) is 56.3 Å². The zero-order chi connectivity index (χ0) is 21.3. The molecule has 2 aromatic carbocycles. The highest BCUT2D eigenvalue weighted by Crippen LogP contribution is 2.31. The lowest BCUT2D eigenvalue weighted by Crippen LogP contribution is -2.52. The fraction of sp³-hybridized carbons (Fsp3) is 0.333. The standard InChI is InChI=1S/C21H20ClN3O4S/c22-18-3-6-20-16(12-18)11-17(14-29-20)21(26)24-7-9-25(10-8-24)30(27,28)19-4-1-15(13-23)2-5-19/h1-6,12,17H,7-11,14H2. The number of hydrogen-bond donors (Lipinski definition) is 0. The normalized spacial score (nSPS) is 19.5. The number of ether oxygens (including phenoxy) is 1. The fourth-order valence-electron chi connectivity index (χ4n) is 3.78. The summed E-state index contributed by atoms with van der Waals surface area (Å²) in [5, 5.41) is 9.48. The second kappa shape index (κ2) is 8.26. The van der Waals surface area contributed by atoms with Crippen molar-refractivity contribution in [1.82, 2.24) is 9.21 Å². The molecule has 2 aliphatic heterocycles. The highest BCUT2D eigenvalue weighted by molar-refractivity contribution is 7.89. The van der Waals surface area contributed by atoms with E-state index < -0.39 is 10.0 Å². The van der Waals surface area contributed by atoms with E-state index in [2.05, 4.69) is 0 Å². The average molecular weight is 446 g/mol. The number of sulfonamides is 1. The number of hydrogen-bond acceptors (Lipinski definition) is 5. The number of carbonyl (C=O) groups excluding carboxylic acids is 1. The van der Waals surface area contributed by atoms with Gasteiger partial charge in [-0.1, -0.05) is 11.6 Å². The molecule has 0 N–H and O–H groups in total. The molecule has 1 atom stereocenters. The first-order valence-corrected chi connectivity index (χ1v) is 11.4. The molecule has 156 valence electrons. The third-order valence-corrected chi connectivity index (χ3v) is 7.60. The molecule has 1 fully saturated rings. The molecule has 0 spiro atoms. The molecule has 30 heavy (non-hydrogen) atoms. The molecule has 0 aliphatic carbocycles. The average Bonchev–Trinajstić information content (AvgIpc) is 2.78.